The van der Waals surface area contributed by atoms with E-state index in [0.717, 1.165) is 154 Å². The van der Waals surface area contributed by atoms with Crippen molar-refractivity contribution in [1.82, 2.24) is 0 Å². The van der Waals surface area contributed by atoms with E-state index in [4.69, 9.17) is 17.7 Å². The highest BCUT2D eigenvalue weighted by Crippen LogP contribution is 2.53. The standard InChI is InChI=1S/C102H58O4/c1-2-24-59(25-3-1)67-31-6-9-38-74(67)97-78-42-13-10-39-75(78)93(76-40-11-14-43-79(76)97)63-27-22-29-65(52-63)96-101-87(73-37-18-21-47-91(73)105-101)58-88-82-54-61(49-51-92(82)106-102(88)96)60-48-50-81-84(55-60)94(77-41-12-15-44-80(77)98(81)83-56-62-26-4-5-32-68(62)69-33-7-8-34-70(69)83)64-28-23-30-66(53-64)95-99-85(71-35-16-19-45-89(71)103-99)57-86-72-36-17-20-46-90(72)104-100(86)95/h1-58H. The molecule has 23 aromatic rings. The van der Waals surface area contributed by atoms with Gasteiger partial charge in [0.25, 0.3) is 0 Å². The first-order valence-corrected chi connectivity index (χ1v) is 36.3. The number of hydrogen-bond acceptors (Lipinski definition) is 4. The Morgan fingerprint density at radius 2 is 0.472 bits per heavy atom. The Balaban J connectivity index is 0.743. The maximum Gasteiger partial charge on any atom is 0.147 e. The van der Waals surface area contributed by atoms with Crippen LogP contribution < -0.4 is 0 Å². The molecule has 0 spiro atoms. The molecule has 490 valence electrons. The van der Waals surface area contributed by atoms with Crippen molar-refractivity contribution in [3.8, 4) is 89.0 Å². The predicted octanol–water partition coefficient (Wildman–Crippen LogP) is 29.5. The maximum atomic E-state index is 7.32. The summed E-state index contributed by atoms with van der Waals surface area (Å²) in [7, 11) is 0. The van der Waals surface area contributed by atoms with Crippen LogP contribution in [0.25, 0.3) is 241 Å². The molecule has 0 unspecified atom stereocenters. The summed E-state index contributed by atoms with van der Waals surface area (Å²) in [6.45, 7) is 0. The Labute approximate surface area is 607 Å². The summed E-state index contributed by atoms with van der Waals surface area (Å²) < 4.78 is 28.3. The predicted molar refractivity (Wildman–Crippen MR) is 444 cm³/mol. The highest BCUT2D eigenvalue weighted by molar-refractivity contribution is 6.29. The minimum absolute atomic E-state index is 0.774. The molecule has 0 saturated heterocycles. The third kappa shape index (κ3) is 8.64. The van der Waals surface area contributed by atoms with E-state index in [1.54, 1.807) is 0 Å². The van der Waals surface area contributed by atoms with Crippen LogP contribution in [0, 0.1) is 0 Å². The fourth-order valence-corrected chi connectivity index (χ4v) is 18.0. The Morgan fingerprint density at radius 3 is 0.991 bits per heavy atom. The number of fused-ring (bicyclic) bond motifs is 19. The van der Waals surface area contributed by atoms with Gasteiger partial charge >= 0.3 is 0 Å². The lowest BCUT2D eigenvalue weighted by Crippen LogP contribution is -1.93. The fourth-order valence-electron chi connectivity index (χ4n) is 18.0. The maximum absolute atomic E-state index is 7.32. The first-order valence-electron chi connectivity index (χ1n) is 36.3. The van der Waals surface area contributed by atoms with E-state index in [-0.39, 0.29) is 0 Å². The van der Waals surface area contributed by atoms with E-state index in [2.05, 4.69) is 340 Å². The third-order valence-corrected chi connectivity index (χ3v) is 22.6. The molecule has 0 radical (unpaired) electrons. The average Bonchev–Trinajstić information content (AvgIpc) is 1.02. The van der Waals surface area contributed by atoms with Gasteiger partial charge in [-0.05, 0) is 209 Å². The second kappa shape index (κ2) is 22.7. The van der Waals surface area contributed by atoms with Gasteiger partial charge in [0, 0.05) is 43.1 Å². The van der Waals surface area contributed by atoms with Gasteiger partial charge in [0.1, 0.15) is 44.7 Å². The molecule has 4 heterocycles. The molecule has 0 N–H and O–H groups in total. The monoisotopic (exact) mass is 1350 g/mol. The largest absolute Gasteiger partial charge is 0.455 e. The van der Waals surface area contributed by atoms with E-state index in [9.17, 15) is 0 Å². The molecular weight excluding hydrogens is 1290 g/mol. The molecule has 0 aliphatic carbocycles. The summed E-state index contributed by atoms with van der Waals surface area (Å²) in [6, 6.07) is 128. The summed E-state index contributed by atoms with van der Waals surface area (Å²) >= 11 is 0. The lowest BCUT2D eigenvalue weighted by molar-refractivity contribution is 0.657. The zero-order valence-corrected chi connectivity index (χ0v) is 57.1. The highest BCUT2D eigenvalue weighted by Gasteiger charge is 2.28. The molecule has 4 heteroatoms. The van der Waals surface area contributed by atoms with Gasteiger partial charge in [-0.3, -0.25) is 0 Å². The zero-order valence-electron chi connectivity index (χ0n) is 57.1. The van der Waals surface area contributed by atoms with Gasteiger partial charge in [-0.2, -0.15) is 0 Å². The van der Waals surface area contributed by atoms with Crippen molar-refractivity contribution in [2.24, 2.45) is 0 Å². The first kappa shape index (κ1) is 58.6. The SMILES string of the molecule is c1ccc(-c2ccccc2-c2c3ccccc3c(-c3cccc(-c4c5oc6ccccc6c5cc5c4oc4ccc(-c6ccc7c(-c8cc9ccccc9c9ccccc89)c8ccccc8c(-c8cccc(-c9c%10oc%11ccccc%11c%10cc%10c9oc9ccccc9%10)c8)c7c6)cc45)c3)c3ccccc23)cc1. The van der Waals surface area contributed by atoms with E-state index in [0.29, 0.717) is 0 Å². The Morgan fingerprint density at radius 1 is 0.132 bits per heavy atom. The van der Waals surface area contributed by atoms with Crippen LogP contribution in [0.15, 0.2) is 370 Å². The summed E-state index contributed by atoms with van der Waals surface area (Å²) in [5.41, 5.74) is 24.2. The van der Waals surface area contributed by atoms with Crippen molar-refractivity contribution in [1.29, 1.82) is 0 Å². The van der Waals surface area contributed by atoms with Crippen LogP contribution in [-0.4, -0.2) is 0 Å². The number of para-hydroxylation sites is 3. The van der Waals surface area contributed by atoms with Crippen LogP contribution in [0.2, 0.25) is 0 Å². The second-order valence-electron chi connectivity index (χ2n) is 28.3. The molecule has 0 bridgehead atoms. The summed E-state index contributed by atoms with van der Waals surface area (Å²) in [5.74, 6) is 0. The molecule has 23 rings (SSSR count). The van der Waals surface area contributed by atoms with Crippen molar-refractivity contribution in [2.45, 2.75) is 0 Å². The van der Waals surface area contributed by atoms with Crippen molar-refractivity contribution in [3.63, 3.8) is 0 Å². The lowest BCUT2D eigenvalue weighted by atomic mass is 9.82. The van der Waals surface area contributed by atoms with Gasteiger partial charge in [-0.1, -0.05) is 285 Å². The minimum atomic E-state index is 0.774. The molecule has 19 aromatic carbocycles. The van der Waals surface area contributed by atoms with Gasteiger partial charge in [0.15, 0.2) is 0 Å². The van der Waals surface area contributed by atoms with Gasteiger partial charge < -0.3 is 17.7 Å². The van der Waals surface area contributed by atoms with E-state index in [1.807, 2.05) is 12.1 Å². The Hall–Kier alpha value is -14.1. The van der Waals surface area contributed by atoms with E-state index >= 15 is 0 Å². The lowest BCUT2D eigenvalue weighted by Gasteiger charge is -2.21. The summed E-state index contributed by atoms with van der Waals surface area (Å²) in [6.07, 6.45) is 0. The number of furan rings is 4. The molecule has 0 aliphatic rings. The normalized spacial score (nSPS) is 12.2. The van der Waals surface area contributed by atoms with Crippen LogP contribution in [0.5, 0.6) is 0 Å². The molecule has 0 amide bonds. The van der Waals surface area contributed by atoms with E-state index in [1.165, 1.54) is 87.4 Å². The number of rotatable bonds is 8. The Bertz CT molecular complexity index is 7560. The van der Waals surface area contributed by atoms with Gasteiger partial charge in [-0.25, -0.2) is 0 Å². The molecule has 4 nitrogen and oxygen atoms in total. The van der Waals surface area contributed by atoms with Crippen LogP contribution in [0.4, 0.5) is 0 Å². The van der Waals surface area contributed by atoms with Gasteiger partial charge in [0.05, 0.1) is 11.1 Å². The topological polar surface area (TPSA) is 52.6 Å². The molecule has 0 saturated carbocycles. The van der Waals surface area contributed by atoms with Gasteiger partial charge in [-0.15, -0.1) is 0 Å². The smallest absolute Gasteiger partial charge is 0.147 e. The molecular formula is C102H58O4. The second-order valence-corrected chi connectivity index (χ2v) is 28.3. The van der Waals surface area contributed by atoms with Crippen LogP contribution in [-0.2, 0) is 0 Å². The number of hydrogen-bond donors (Lipinski definition) is 0. The first-order chi connectivity index (χ1) is 52.6. The van der Waals surface area contributed by atoms with Crippen molar-refractivity contribution in [3.05, 3.63) is 352 Å². The quantitative estimate of drug-likeness (QED) is 0.112. The number of benzene rings is 19. The molecule has 4 aromatic heterocycles. The summed E-state index contributed by atoms with van der Waals surface area (Å²) in [5, 5.41) is 22.6. The van der Waals surface area contributed by atoms with Crippen LogP contribution in [0.3, 0.4) is 0 Å². The van der Waals surface area contributed by atoms with Crippen molar-refractivity contribution >= 4 is 152 Å². The average molecular weight is 1350 g/mol. The minimum Gasteiger partial charge on any atom is -0.455 e. The third-order valence-electron chi connectivity index (χ3n) is 22.6. The Kier molecular flexibility index (Phi) is 12.6. The molecule has 106 heavy (non-hydrogen) atoms. The van der Waals surface area contributed by atoms with Crippen LogP contribution in [0.1, 0.15) is 0 Å². The fraction of sp³-hybridized carbons (Fsp3) is 0. The van der Waals surface area contributed by atoms with Crippen LogP contribution >= 0.6 is 0 Å². The van der Waals surface area contributed by atoms with Gasteiger partial charge in [0.2, 0.25) is 0 Å². The molecule has 0 atom stereocenters. The zero-order chi connectivity index (χ0) is 69.2. The van der Waals surface area contributed by atoms with Crippen molar-refractivity contribution in [2.75, 3.05) is 0 Å². The van der Waals surface area contributed by atoms with Crippen molar-refractivity contribution < 1.29 is 17.7 Å². The van der Waals surface area contributed by atoms with E-state index < -0.39 is 0 Å². The molecule has 0 aliphatic heterocycles. The molecule has 0 fully saturated rings. The highest BCUT2D eigenvalue weighted by atomic mass is 16.4. The summed E-state index contributed by atoms with van der Waals surface area (Å²) in [4.78, 5) is 0.